The average molecular weight is 131 g/mol. The van der Waals surface area contributed by atoms with Gasteiger partial charge in [0.15, 0.2) is 7.98 Å². The lowest BCUT2D eigenvalue weighted by Gasteiger charge is -2.02. The van der Waals surface area contributed by atoms with Crippen LogP contribution in [0.5, 0.6) is 0 Å². The minimum Gasteiger partial charge on any atom is -0.341 e. The van der Waals surface area contributed by atoms with Gasteiger partial charge in [-0.25, -0.2) is 0 Å². The van der Waals surface area contributed by atoms with E-state index in [2.05, 4.69) is 37.1 Å². The molecule has 0 saturated heterocycles. The Hall–Kier alpha value is -0.755. The zero-order valence-electron chi connectivity index (χ0n) is 6.17. The maximum absolute atomic E-state index is 2.32. The topological polar surface area (TPSA) is 3.24 Å². The highest BCUT2D eigenvalue weighted by Crippen LogP contribution is 2.19. The van der Waals surface area contributed by atoms with Gasteiger partial charge in [-0.3, -0.25) is 0 Å². The van der Waals surface area contributed by atoms with Gasteiger partial charge in [-0.15, -0.1) is 0 Å². The van der Waals surface area contributed by atoms with Crippen LogP contribution in [0.1, 0.15) is 11.1 Å². The van der Waals surface area contributed by atoms with Crippen LogP contribution in [-0.2, 0) is 13.1 Å². The van der Waals surface area contributed by atoms with Gasteiger partial charge in [-0.2, -0.15) is 0 Å². The fraction of sp³-hybridized carbons (Fsp3) is 0.250. The van der Waals surface area contributed by atoms with Crippen LogP contribution in [0, 0.1) is 0 Å². The lowest BCUT2D eigenvalue weighted by molar-refractivity contribution is 0.488. The van der Waals surface area contributed by atoms with Crippen LogP contribution in [-0.4, -0.2) is 12.8 Å². The molecule has 1 aliphatic rings. The van der Waals surface area contributed by atoms with E-state index in [4.69, 9.17) is 0 Å². The van der Waals surface area contributed by atoms with Crippen molar-refractivity contribution in [3.63, 3.8) is 0 Å². The smallest absolute Gasteiger partial charge is 0.186 e. The molecule has 0 atom stereocenters. The molecule has 0 aliphatic carbocycles. The van der Waals surface area contributed by atoms with Crippen molar-refractivity contribution in [2.45, 2.75) is 13.1 Å². The molecule has 0 bridgehead atoms. The lowest BCUT2D eigenvalue weighted by atomic mass is 10.1. The highest BCUT2D eigenvalue weighted by atomic mass is 15.0. The second-order valence-corrected chi connectivity index (χ2v) is 2.94. The highest BCUT2D eigenvalue weighted by molar-refractivity contribution is 6.04. The fourth-order valence-corrected chi connectivity index (χ4v) is 1.50. The van der Waals surface area contributed by atoms with Crippen LogP contribution < -0.4 is 0 Å². The summed E-state index contributed by atoms with van der Waals surface area (Å²) in [6.07, 6.45) is 0. The molecular formula is C8H10BN. The third-order valence-electron chi connectivity index (χ3n) is 2.00. The second kappa shape index (κ2) is 2.13. The monoisotopic (exact) mass is 131 g/mol. The number of hydrogen-bond donors (Lipinski definition) is 0. The summed E-state index contributed by atoms with van der Waals surface area (Å²) in [5.74, 6) is 0. The van der Waals surface area contributed by atoms with E-state index in [0.29, 0.717) is 0 Å². The maximum Gasteiger partial charge on any atom is 0.186 e. The van der Waals surface area contributed by atoms with Crippen LogP contribution in [0.25, 0.3) is 0 Å². The summed E-state index contributed by atoms with van der Waals surface area (Å²) >= 11 is 0. The molecule has 1 aromatic carbocycles. The standard InChI is InChI=1S/C8H10BN/c9-10-5-7-3-1-2-4-8(7)6-10/h1-4H,5-6,9H2. The Kier molecular flexibility index (Phi) is 1.28. The Morgan fingerprint density at radius 1 is 1.10 bits per heavy atom. The van der Waals surface area contributed by atoms with Crippen LogP contribution >= 0.6 is 0 Å². The molecule has 1 aromatic rings. The van der Waals surface area contributed by atoms with Crippen LogP contribution in [0.2, 0.25) is 0 Å². The van der Waals surface area contributed by atoms with E-state index in [0.717, 1.165) is 13.1 Å². The molecule has 10 heavy (non-hydrogen) atoms. The van der Waals surface area contributed by atoms with Gasteiger partial charge in [0.1, 0.15) is 0 Å². The third-order valence-corrected chi connectivity index (χ3v) is 2.00. The Balaban J connectivity index is 2.42. The SMILES string of the molecule is BN1Cc2ccccc2C1. The highest BCUT2D eigenvalue weighted by Gasteiger charge is 2.12. The van der Waals surface area contributed by atoms with Gasteiger partial charge in [0, 0.05) is 13.1 Å². The summed E-state index contributed by atoms with van der Waals surface area (Å²) in [5, 5.41) is 0. The number of hydrogen-bond acceptors (Lipinski definition) is 1. The van der Waals surface area contributed by atoms with E-state index < -0.39 is 0 Å². The average Bonchev–Trinajstić information content (AvgIpc) is 2.27. The van der Waals surface area contributed by atoms with Crippen molar-refractivity contribution >= 4 is 7.98 Å². The lowest BCUT2D eigenvalue weighted by Crippen LogP contribution is -2.09. The van der Waals surface area contributed by atoms with Crippen molar-refractivity contribution in [3.8, 4) is 0 Å². The Labute approximate surface area is 62.1 Å². The molecule has 0 amide bonds. The van der Waals surface area contributed by atoms with Crippen LogP contribution in [0.4, 0.5) is 0 Å². The largest absolute Gasteiger partial charge is 0.341 e. The van der Waals surface area contributed by atoms with Crippen molar-refractivity contribution in [1.82, 2.24) is 4.81 Å². The van der Waals surface area contributed by atoms with Crippen molar-refractivity contribution in [3.05, 3.63) is 35.4 Å². The van der Waals surface area contributed by atoms with E-state index >= 15 is 0 Å². The van der Waals surface area contributed by atoms with Gasteiger partial charge in [0.05, 0.1) is 0 Å². The van der Waals surface area contributed by atoms with E-state index in [1.807, 2.05) is 0 Å². The zero-order chi connectivity index (χ0) is 6.97. The number of fused-ring (bicyclic) bond motifs is 1. The first kappa shape index (κ1) is 5.99. The molecule has 0 fully saturated rings. The summed E-state index contributed by atoms with van der Waals surface area (Å²) in [6, 6.07) is 8.63. The minimum atomic E-state index is 1.12. The molecule has 0 spiro atoms. The molecular weight excluding hydrogens is 121 g/mol. The van der Waals surface area contributed by atoms with Gasteiger partial charge < -0.3 is 4.81 Å². The predicted molar refractivity (Wildman–Crippen MR) is 44.2 cm³/mol. The summed E-state index contributed by atoms with van der Waals surface area (Å²) in [7, 11) is 2.15. The molecule has 0 N–H and O–H groups in total. The molecule has 1 nitrogen and oxygen atoms in total. The Morgan fingerprint density at radius 2 is 1.60 bits per heavy atom. The minimum absolute atomic E-state index is 1.12. The molecule has 1 heterocycles. The second-order valence-electron chi connectivity index (χ2n) is 2.94. The van der Waals surface area contributed by atoms with Crippen molar-refractivity contribution < 1.29 is 0 Å². The summed E-state index contributed by atoms with van der Waals surface area (Å²) < 4.78 is 0. The quantitative estimate of drug-likeness (QED) is 0.464. The van der Waals surface area contributed by atoms with E-state index in [-0.39, 0.29) is 0 Å². The first-order chi connectivity index (χ1) is 4.86. The Morgan fingerprint density at radius 3 is 2.10 bits per heavy atom. The van der Waals surface area contributed by atoms with Crippen LogP contribution in [0.3, 0.4) is 0 Å². The van der Waals surface area contributed by atoms with Crippen molar-refractivity contribution in [2.75, 3.05) is 0 Å². The maximum atomic E-state index is 2.32. The summed E-state index contributed by atoms with van der Waals surface area (Å²) in [5.41, 5.74) is 2.98. The van der Waals surface area contributed by atoms with Gasteiger partial charge >= 0.3 is 0 Å². The molecule has 1 aliphatic heterocycles. The zero-order valence-corrected chi connectivity index (χ0v) is 6.17. The van der Waals surface area contributed by atoms with Crippen molar-refractivity contribution in [2.24, 2.45) is 0 Å². The summed E-state index contributed by atoms with van der Waals surface area (Å²) in [4.78, 5) is 2.32. The number of rotatable bonds is 0. The first-order valence-corrected chi connectivity index (χ1v) is 3.61. The van der Waals surface area contributed by atoms with Gasteiger partial charge in [0.25, 0.3) is 0 Å². The van der Waals surface area contributed by atoms with Gasteiger partial charge in [0.2, 0.25) is 0 Å². The molecule has 50 valence electrons. The van der Waals surface area contributed by atoms with Crippen LogP contribution in [0.15, 0.2) is 24.3 Å². The fourth-order valence-electron chi connectivity index (χ4n) is 1.50. The first-order valence-electron chi connectivity index (χ1n) is 3.61. The summed E-state index contributed by atoms with van der Waals surface area (Å²) in [6.45, 7) is 2.24. The molecule has 2 heteroatoms. The normalized spacial score (nSPS) is 17.2. The van der Waals surface area contributed by atoms with Crippen molar-refractivity contribution in [1.29, 1.82) is 0 Å². The van der Waals surface area contributed by atoms with E-state index in [9.17, 15) is 0 Å². The molecule has 0 radical (unpaired) electrons. The van der Waals surface area contributed by atoms with E-state index in [1.165, 1.54) is 11.1 Å². The Bertz CT molecular complexity index is 222. The number of benzene rings is 1. The van der Waals surface area contributed by atoms with E-state index in [1.54, 1.807) is 0 Å². The molecule has 0 aromatic heterocycles. The molecule has 2 rings (SSSR count). The predicted octanol–water partition coefficient (Wildman–Crippen LogP) is 0.550. The number of nitrogens with zero attached hydrogens (tertiary/aromatic N) is 1. The molecule has 0 saturated carbocycles. The molecule has 0 unspecified atom stereocenters. The van der Waals surface area contributed by atoms with Gasteiger partial charge in [-0.05, 0) is 11.1 Å². The third kappa shape index (κ3) is 0.849. The van der Waals surface area contributed by atoms with Gasteiger partial charge in [-0.1, -0.05) is 24.3 Å².